The van der Waals surface area contributed by atoms with Crippen molar-refractivity contribution in [1.82, 2.24) is 14.5 Å². The number of anilines is 1. The Bertz CT molecular complexity index is 819. The number of para-hydroxylation sites is 1. The molecule has 8 heteroatoms. The van der Waals surface area contributed by atoms with E-state index in [9.17, 15) is 9.59 Å². The third kappa shape index (κ3) is 3.70. The Labute approximate surface area is 157 Å². The molecule has 1 aliphatic rings. The van der Waals surface area contributed by atoms with Gasteiger partial charge in [-0.3, -0.25) is 24.4 Å². The van der Waals surface area contributed by atoms with Crippen LogP contribution < -0.4 is 9.89 Å². The Morgan fingerprint density at radius 1 is 1.23 bits per heavy atom. The quantitative estimate of drug-likeness (QED) is 0.332. The molecular formula is C18H20N5O2S+. The molecule has 1 saturated heterocycles. The molecule has 0 bridgehead atoms. The second-order valence-corrected chi connectivity index (χ2v) is 6.31. The number of aryl methyl sites for hydroxylation is 1. The second-order valence-electron chi connectivity index (χ2n) is 5.94. The minimum absolute atomic E-state index is 0.191. The zero-order valence-electron chi connectivity index (χ0n) is 14.4. The number of benzene rings is 1. The largest absolute Gasteiger partial charge is 0.337 e. The van der Waals surface area contributed by atoms with Crippen LogP contribution in [-0.2, 0) is 16.1 Å². The third-order valence-corrected chi connectivity index (χ3v) is 4.61. The molecule has 0 unspecified atom stereocenters. The fourth-order valence-corrected chi connectivity index (χ4v) is 3.02. The Balaban J connectivity index is 1.69. The van der Waals surface area contributed by atoms with Crippen molar-refractivity contribution in [3.05, 3.63) is 49.1 Å². The summed E-state index contributed by atoms with van der Waals surface area (Å²) in [7, 11) is 1.59. The zero-order valence-corrected chi connectivity index (χ0v) is 15.2. The third-order valence-electron chi connectivity index (χ3n) is 4.16. The summed E-state index contributed by atoms with van der Waals surface area (Å²) in [5, 5.41) is 0.191. The van der Waals surface area contributed by atoms with Gasteiger partial charge in [0, 0.05) is 32.4 Å². The SMILES string of the molecule is CN1C(=O)[C@@H](C=[NH+]CCCn2ccnc2)C(=O)N(c2ccccc2)C1=S. The lowest BCUT2D eigenvalue weighted by Crippen LogP contribution is -2.73. The predicted molar refractivity (Wildman–Crippen MR) is 102 cm³/mol. The van der Waals surface area contributed by atoms with Crippen LogP contribution in [0.4, 0.5) is 5.69 Å². The van der Waals surface area contributed by atoms with Crippen LogP contribution in [0, 0.1) is 5.92 Å². The molecule has 7 nitrogen and oxygen atoms in total. The lowest BCUT2D eigenvalue weighted by Gasteiger charge is -2.35. The van der Waals surface area contributed by atoms with Crippen LogP contribution in [0.25, 0.3) is 0 Å². The van der Waals surface area contributed by atoms with Gasteiger partial charge in [0.2, 0.25) is 0 Å². The lowest BCUT2D eigenvalue weighted by molar-refractivity contribution is -0.454. The average molecular weight is 370 g/mol. The van der Waals surface area contributed by atoms with E-state index in [2.05, 4.69) is 9.98 Å². The predicted octanol–water partition coefficient (Wildman–Crippen LogP) is -0.169. The standard InChI is InChI=1S/C18H19N5O2S/c1-21-16(24)15(12-19-8-5-10-22-11-9-20-13-22)17(25)23(18(21)26)14-6-3-2-4-7-14/h2-4,6-7,9,11-13,15H,5,8,10H2,1H3/p+1/t15-/m1/s1. The molecule has 26 heavy (non-hydrogen) atoms. The summed E-state index contributed by atoms with van der Waals surface area (Å²) < 4.78 is 1.97. The lowest BCUT2D eigenvalue weighted by atomic mass is 10.0. The first-order valence-electron chi connectivity index (χ1n) is 8.32. The molecule has 0 radical (unpaired) electrons. The second kappa shape index (κ2) is 8.01. The van der Waals surface area contributed by atoms with E-state index in [1.165, 1.54) is 9.80 Å². The van der Waals surface area contributed by atoms with E-state index in [0.29, 0.717) is 12.2 Å². The normalized spacial score (nSPS) is 18.2. The van der Waals surface area contributed by atoms with Crippen molar-refractivity contribution >= 4 is 41.0 Å². The van der Waals surface area contributed by atoms with E-state index in [0.717, 1.165) is 13.0 Å². The number of carbonyl (C=O) groups is 2. The highest BCUT2D eigenvalue weighted by molar-refractivity contribution is 7.80. The average Bonchev–Trinajstić information content (AvgIpc) is 3.17. The molecule has 1 aliphatic heterocycles. The number of rotatable bonds is 6. The number of thiocarbonyl (C=S) groups is 1. The number of amides is 2. The number of hydrogen-bond donors (Lipinski definition) is 1. The van der Waals surface area contributed by atoms with Crippen molar-refractivity contribution in [2.75, 3.05) is 18.5 Å². The van der Waals surface area contributed by atoms with E-state index >= 15 is 0 Å². The molecule has 2 amide bonds. The molecule has 1 aromatic heterocycles. The van der Waals surface area contributed by atoms with Crippen LogP contribution >= 0.6 is 12.2 Å². The van der Waals surface area contributed by atoms with Gasteiger partial charge in [0.1, 0.15) is 6.54 Å². The molecule has 134 valence electrons. The van der Waals surface area contributed by atoms with Gasteiger partial charge in [0.05, 0.1) is 12.0 Å². The monoisotopic (exact) mass is 370 g/mol. The molecule has 3 rings (SSSR count). The summed E-state index contributed by atoms with van der Waals surface area (Å²) in [6.45, 7) is 1.46. The van der Waals surface area contributed by atoms with Crippen molar-refractivity contribution in [2.24, 2.45) is 5.92 Å². The van der Waals surface area contributed by atoms with Crippen molar-refractivity contribution < 1.29 is 14.6 Å². The van der Waals surface area contributed by atoms with Crippen LogP contribution in [0.2, 0.25) is 0 Å². The molecule has 2 heterocycles. The number of aromatic nitrogens is 2. The van der Waals surface area contributed by atoms with Gasteiger partial charge in [0.15, 0.2) is 17.2 Å². The molecule has 1 fully saturated rings. The molecular weight excluding hydrogens is 350 g/mol. The van der Waals surface area contributed by atoms with Crippen molar-refractivity contribution in [2.45, 2.75) is 13.0 Å². The van der Waals surface area contributed by atoms with Gasteiger partial charge in [-0.25, -0.2) is 4.98 Å². The van der Waals surface area contributed by atoms with Crippen molar-refractivity contribution in [3.8, 4) is 0 Å². The highest BCUT2D eigenvalue weighted by Gasteiger charge is 2.43. The zero-order chi connectivity index (χ0) is 18.5. The molecule has 2 aromatic rings. The molecule has 0 saturated carbocycles. The van der Waals surface area contributed by atoms with Gasteiger partial charge in [0.25, 0.3) is 11.8 Å². The van der Waals surface area contributed by atoms with E-state index in [1.54, 1.807) is 37.9 Å². The smallest absolute Gasteiger partial charge is 0.256 e. The summed E-state index contributed by atoms with van der Waals surface area (Å²) in [6, 6.07) is 9.11. The summed E-state index contributed by atoms with van der Waals surface area (Å²) in [4.78, 5) is 35.2. The first-order valence-corrected chi connectivity index (χ1v) is 8.73. The topological polar surface area (TPSA) is 72.4 Å². The highest BCUT2D eigenvalue weighted by atomic mass is 32.1. The highest BCUT2D eigenvalue weighted by Crippen LogP contribution is 2.22. The van der Waals surface area contributed by atoms with E-state index in [4.69, 9.17) is 12.2 Å². The summed E-state index contributed by atoms with van der Waals surface area (Å²) in [6.07, 6.45) is 7.79. The van der Waals surface area contributed by atoms with Crippen LogP contribution in [-0.4, -0.2) is 51.2 Å². The van der Waals surface area contributed by atoms with Gasteiger partial charge in [-0.2, -0.15) is 0 Å². The maximum atomic E-state index is 12.9. The van der Waals surface area contributed by atoms with Crippen LogP contribution in [0.15, 0.2) is 49.1 Å². The van der Waals surface area contributed by atoms with E-state index in [-0.39, 0.29) is 16.9 Å². The van der Waals surface area contributed by atoms with Gasteiger partial charge < -0.3 is 4.57 Å². The Kier molecular flexibility index (Phi) is 5.52. The number of carbonyl (C=O) groups excluding carboxylic acids is 2. The van der Waals surface area contributed by atoms with E-state index in [1.807, 2.05) is 29.0 Å². The number of nitrogens with zero attached hydrogens (tertiary/aromatic N) is 4. The van der Waals surface area contributed by atoms with Crippen LogP contribution in [0.5, 0.6) is 0 Å². The van der Waals surface area contributed by atoms with Gasteiger partial charge in [-0.05, 0) is 24.4 Å². The fourth-order valence-electron chi connectivity index (χ4n) is 2.73. The van der Waals surface area contributed by atoms with Gasteiger partial charge in [-0.1, -0.05) is 18.2 Å². The number of hydrogen-bond acceptors (Lipinski definition) is 4. The Hall–Kier alpha value is -2.87. The first kappa shape index (κ1) is 17.9. The Morgan fingerprint density at radius 3 is 2.69 bits per heavy atom. The maximum Gasteiger partial charge on any atom is 0.256 e. The first-order chi connectivity index (χ1) is 12.6. The number of imidazole rings is 1. The van der Waals surface area contributed by atoms with Gasteiger partial charge in [-0.15, -0.1) is 0 Å². The molecule has 0 spiro atoms. The van der Waals surface area contributed by atoms with Gasteiger partial charge >= 0.3 is 0 Å². The maximum absolute atomic E-state index is 12.9. The van der Waals surface area contributed by atoms with Crippen LogP contribution in [0.1, 0.15) is 6.42 Å². The minimum atomic E-state index is -0.903. The summed E-state index contributed by atoms with van der Waals surface area (Å²) in [5.41, 5.74) is 0.653. The summed E-state index contributed by atoms with van der Waals surface area (Å²) in [5.74, 6) is -1.57. The minimum Gasteiger partial charge on any atom is -0.337 e. The molecule has 0 aliphatic carbocycles. The van der Waals surface area contributed by atoms with Crippen molar-refractivity contribution in [1.29, 1.82) is 0 Å². The molecule has 1 aromatic carbocycles. The van der Waals surface area contributed by atoms with E-state index < -0.39 is 5.92 Å². The molecule has 1 atom stereocenters. The van der Waals surface area contributed by atoms with Crippen LogP contribution in [0.3, 0.4) is 0 Å². The molecule has 1 N–H and O–H groups in total. The Morgan fingerprint density at radius 2 is 2.00 bits per heavy atom. The van der Waals surface area contributed by atoms with Crippen molar-refractivity contribution in [3.63, 3.8) is 0 Å². The summed E-state index contributed by atoms with van der Waals surface area (Å²) >= 11 is 5.31. The fraction of sp³-hybridized carbons (Fsp3) is 0.278. The number of nitrogens with one attached hydrogen (secondary N) is 1.